The van der Waals surface area contributed by atoms with E-state index in [0.29, 0.717) is 17.3 Å². The molecule has 0 heterocycles. The van der Waals surface area contributed by atoms with Gasteiger partial charge in [0, 0.05) is 0 Å². The van der Waals surface area contributed by atoms with E-state index in [2.05, 4.69) is 46.8 Å². The minimum Gasteiger partial charge on any atom is -0.393 e. The maximum absolute atomic E-state index is 12.0. The number of fused-ring (bicyclic) bond motifs is 5. The smallest absolute Gasteiger partial charge is 0.0729 e. The highest BCUT2D eigenvalue weighted by atomic mass is 16.3. The Labute approximate surface area is 178 Å². The van der Waals surface area contributed by atoms with Gasteiger partial charge in [0.2, 0.25) is 0 Å². The molecule has 0 saturated heterocycles. The van der Waals surface area contributed by atoms with Crippen molar-refractivity contribution in [3.8, 4) is 0 Å². The topological polar surface area (TPSA) is 40.5 Å². The number of allylic oxidation sites excluding steroid dienone is 3. The Kier molecular flexibility index (Phi) is 5.61. The van der Waals surface area contributed by atoms with Crippen molar-refractivity contribution in [1.29, 1.82) is 0 Å². The van der Waals surface area contributed by atoms with Crippen LogP contribution in [0.5, 0.6) is 0 Å². The van der Waals surface area contributed by atoms with Gasteiger partial charge in [-0.1, -0.05) is 44.1 Å². The highest BCUT2D eigenvalue weighted by Crippen LogP contribution is 2.68. The molecule has 4 aliphatic carbocycles. The van der Waals surface area contributed by atoms with Crippen LogP contribution >= 0.6 is 0 Å². The van der Waals surface area contributed by atoms with E-state index >= 15 is 0 Å². The molecule has 3 fully saturated rings. The fourth-order valence-electron chi connectivity index (χ4n) is 8.36. The zero-order valence-electron chi connectivity index (χ0n) is 19.5. The van der Waals surface area contributed by atoms with Gasteiger partial charge < -0.3 is 10.2 Å². The monoisotopic (exact) mass is 400 g/mol. The maximum Gasteiger partial charge on any atom is 0.0729 e. The highest BCUT2D eigenvalue weighted by Gasteiger charge is 2.64. The van der Waals surface area contributed by atoms with Gasteiger partial charge in [-0.25, -0.2) is 0 Å². The number of hydrogen-bond acceptors (Lipinski definition) is 2. The molecule has 4 aliphatic rings. The summed E-state index contributed by atoms with van der Waals surface area (Å²) < 4.78 is 0. The van der Waals surface area contributed by atoms with E-state index in [1.54, 1.807) is 5.57 Å². The first kappa shape index (κ1) is 21.6. The van der Waals surface area contributed by atoms with Crippen molar-refractivity contribution < 1.29 is 10.2 Å². The van der Waals surface area contributed by atoms with Crippen molar-refractivity contribution in [3.63, 3.8) is 0 Å². The summed E-state index contributed by atoms with van der Waals surface area (Å²) in [4.78, 5) is 0. The van der Waals surface area contributed by atoms with Crippen molar-refractivity contribution in [2.24, 2.45) is 34.5 Å². The lowest BCUT2D eigenvalue weighted by molar-refractivity contribution is -0.150. The van der Waals surface area contributed by atoms with Gasteiger partial charge in [-0.05, 0) is 113 Å². The highest BCUT2D eigenvalue weighted by molar-refractivity contribution is 5.26. The molecule has 0 aromatic heterocycles. The van der Waals surface area contributed by atoms with Gasteiger partial charge in [-0.2, -0.15) is 0 Å². The Hall–Kier alpha value is -0.600. The fourth-order valence-corrected chi connectivity index (χ4v) is 8.36. The number of aliphatic hydroxyl groups excluding tert-OH is 1. The molecule has 29 heavy (non-hydrogen) atoms. The van der Waals surface area contributed by atoms with Gasteiger partial charge in [-0.3, -0.25) is 0 Å². The van der Waals surface area contributed by atoms with Crippen LogP contribution in [-0.2, 0) is 0 Å². The van der Waals surface area contributed by atoms with E-state index in [9.17, 15) is 10.2 Å². The molecule has 2 nitrogen and oxygen atoms in total. The first-order chi connectivity index (χ1) is 13.6. The second-order valence-corrected chi connectivity index (χ2v) is 11.8. The molecule has 8 atom stereocenters. The lowest BCUT2D eigenvalue weighted by Crippen LogP contribution is -2.56. The second kappa shape index (κ2) is 7.52. The number of aliphatic hydroxyl groups is 2. The Bertz CT molecular complexity index is 689. The summed E-state index contributed by atoms with van der Waals surface area (Å²) >= 11 is 0. The summed E-state index contributed by atoms with van der Waals surface area (Å²) in [6.45, 7) is 11.6. The van der Waals surface area contributed by atoms with Crippen LogP contribution in [0, 0.1) is 34.5 Å². The molecule has 0 amide bonds. The molecule has 1 unspecified atom stereocenters. The Morgan fingerprint density at radius 2 is 1.86 bits per heavy atom. The second-order valence-electron chi connectivity index (χ2n) is 11.8. The molecule has 4 rings (SSSR count). The lowest BCUT2D eigenvalue weighted by Gasteiger charge is -2.59. The molecule has 0 aromatic rings. The average molecular weight is 401 g/mol. The molecule has 0 aliphatic heterocycles. The van der Waals surface area contributed by atoms with Crippen LogP contribution in [0.4, 0.5) is 0 Å². The summed E-state index contributed by atoms with van der Waals surface area (Å²) in [5.74, 6) is 2.48. The zero-order valence-corrected chi connectivity index (χ0v) is 19.5. The quantitative estimate of drug-likeness (QED) is 0.534. The summed E-state index contributed by atoms with van der Waals surface area (Å²) in [5, 5.41) is 22.2. The number of hydrogen-bond donors (Lipinski definition) is 2. The van der Waals surface area contributed by atoms with Crippen molar-refractivity contribution >= 4 is 0 Å². The summed E-state index contributed by atoms with van der Waals surface area (Å²) in [5.41, 5.74) is 2.78. The fraction of sp³-hybridized carbons (Fsp3) is 0.852. The van der Waals surface area contributed by atoms with Crippen LogP contribution in [0.3, 0.4) is 0 Å². The number of rotatable bonds is 4. The first-order valence-corrected chi connectivity index (χ1v) is 12.3. The third kappa shape index (κ3) is 3.28. The summed E-state index contributed by atoms with van der Waals surface area (Å²) in [6, 6.07) is 0. The van der Waals surface area contributed by atoms with E-state index in [1.165, 1.54) is 31.3 Å². The molecule has 0 radical (unpaired) electrons. The van der Waals surface area contributed by atoms with Gasteiger partial charge in [-0.15, -0.1) is 0 Å². The van der Waals surface area contributed by atoms with Gasteiger partial charge in [0.15, 0.2) is 0 Å². The van der Waals surface area contributed by atoms with Crippen molar-refractivity contribution in [2.75, 3.05) is 0 Å². The predicted molar refractivity (Wildman–Crippen MR) is 120 cm³/mol. The van der Waals surface area contributed by atoms with Gasteiger partial charge >= 0.3 is 0 Å². The largest absolute Gasteiger partial charge is 0.393 e. The van der Waals surface area contributed by atoms with E-state index in [1.807, 2.05) is 0 Å². The minimum absolute atomic E-state index is 0.0639. The molecular weight excluding hydrogens is 356 g/mol. The van der Waals surface area contributed by atoms with Crippen LogP contribution in [0.1, 0.15) is 98.8 Å². The van der Waals surface area contributed by atoms with E-state index in [4.69, 9.17) is 0 Å². The predicted octanol–water partition coefficient (Wildman–Crippen LogP) is 6.42. The molecule has 2 heteroatoms. The summed E-state index contributed by atoms with van der Waals surface area (Å²) in [6.07, 6.45) is 15.7. The SMILES string of the molecule is CC(C)=CCC[C@@H](C)[C@@]1(O)CC[C@H]2[C@@H]3CC=C4CC(O)CC[C@]4(C)[C@H]3CC[C@@]21C. The first-order valence-electron chi connectivity index (χ1n) is 12.3. The van der Waals surface area contributed by atoms with Crippen LogP contribution in [0.25, 0.3) is 0 Å². The molecule has 164 valence electrons. The van der Waals surface area contributed by atoms with Crippen molar-refractivity contribution in [2.45, 2.75) is 111 Å². The molecular formula is C27H44O2. The van der Waals surface area contributed by atoms with Gasteiger partial charge in [0.1, 0.15) is 0 Å². The lowest BCUT2D eigenvalue weighted by atomic mass is 9.46. The standard InChI is InChI=1S/C27H44O2/c1-18(2)7-6-8-19(3)27(29)16-13-24-22-10-9-20-17-21(28)11-14-25(20,4)23(22)12-15-26(24,27)5/h7,9,19,21-24,28-29H,6,8,10-17H2,1-5H3/t19-,21?,22-,23+,24+,25+,26+,27+/m1/s1. The Morgan fingerprint density at radius 3 is 2.59 bits per heavy atom. The van der Waals surface area contributed by atoms with E-state index < -0.39 is 5.60 Å². The summed E-state index contributed by atoms with van der Waals surface area (Å²) in [7, 11) is 0. The van der Waals surface area contributed by atoms with Crippen LogP contribution in [0.2, 0.25) is 0 Å². The third-order valence-electron chi connectivity index (χ3n) is 10.3. The maximum atomic E-state index is 12.0. The molecule has 0 spiro atoms. The van der Waals surface area contributed by atoms with E-state index in [-0.39, 0.29) is 11.5 Å². The molecule has 0 bridgehead atoms. The minimum atomic E-state index is -0.508. The Morgan fingerprint density at radius 1 is 1.14 bits per heavy atom. The average Bonchev–Trinajstić information content (AvgIpc) is 2.94. The van der Waals surface area contributed by atoms with Gasteiger partial charge in [0.05, 0.1) is 11.7 Å². The molecule has 2 N–H and O–H groups in total. The molecule has 3 saturated carbocycles. The zero-order chi connectivity index (χ0) is 21.0. The van der Waals surface area contributed by atoms with Crippen molar-refractivity contribution in [1.82, 2.24) is 0 Å². The van der Waals surface area contributed by atoms with Crippen LogP contribution in [0.15, 0.2) is 23.3 Å². The Balaban J connectivity index is 1.56. The normalized spacial score (nSPS) is 47.5. The van der Waals surface area contributed by atoms with Crippen LogP contribution in [-0.4, -0.2) is 21.9 Å². The van der Waals surface area contributed by atoms with E-state index in [0.717, 1.165) is 50.4 Å². The van der Waals surface area contributed by atoms with Crippen LogP contribution < -0.4 is 0 Å². The third-order valence-corrected chi connectivity index (χ3v) is 10.3. The molecule has 0 aromatic carbocycles. The van der Waals surface area contributed by atoms with Crippen molar-refractivity contribution in [3.05, 3.63) is 23.3 Å². The van der Waals surface area contributed by atoms with Gasteiger partial charge in [0.25, 0.3) is 0 Å².